The van der Waals surface area contributed by atoms with E-state index in [1.807, 2.05) is 10.8 Å². The number of hydrogen-bond acceptors (Lipinski definition) is 3. The first-order chi connectivity index (χ1) is 5.26. The molecular formula is C7H15NS3. The van der Waals surface area contributed by atoms with E-state index in [9.17, 15) is 0 Å². The highest BCUT2D eigenvalue weighted by Gasteiger charge is 2.04. The Morgan fingerprint density at radius 3 is 2.18 bits per heavy atom. The van der Waals surface area contributed by atoms with Crippen molar-refractivity contribution < 1.29 is 0 Å². The van der Waals surface area contributed by atoms with Crippen LogP contribution < -0.4 is 0 Å². The Morgan fingerprint density at radius 2 is 1.82 bits per heavy atom. The van der Waals surface area contributed by atoms with E-state index in [0.29, 0.717) is 0 Å². The first-order valence-electron chi connectivity index (χ1n) is 3.84. The third-order valence-electron chi connectivity index (χ3n) is 1.27. The standard InChI is InChI=1S/C7H15NS3/c1-4-8(5-2)7(9)11-10-6-3/h4-6H2,1-3H3. The summed E-state index contributed by atoms with van der Waals surface area (Å²) >= 11 is 5.21. The predicted molar refractivity (Wildman–Crippen MR) is 61.2 cm³/mol. The fraction of sp³-hybridized carbons (Fsp3) is 0.857. The zero-order valence-corrected chi connectivity index (χ0v) is 9.74. The minimum atomic E-state index is 1.02. The third-order valence-corrected chi connectivity index (χ3v) is 4.38. The second-order valence-corrected chi connectivity index (χ2v) is 5.15. The van der Waals surface area contributed by atoms with Crippen LogP contribution in [-0.2, 0) is 0 Å². The zero-order valence-electron chi connectivity index (χ0n) is 7.29. The van der Waals surface area contributed by atoms with Crippen LogP contribution in [0.15, 0.2) is 0 Å². The molecule has 0 N–H and O–H groups in total. The van der Waals surface area contributed by atoms with Gasteiger partial charge in [-0.1, -0.05) is 29.9 Å². The van der Waals surface area contributed by atoms with Gasteiger partial charge in [-0.2, -0.15) is 0 Å². The third kappa shape index (κ3) is 4.93. The normalized spacial score (nSPS) is 9.73. The van der Waals surface area contributed by atoms with E-state index in [-0.39, 0.29) is 0 Å². The molecule has 0 aliphatic heterocycles. The van der Waals surface area contributed by atoms with E-state index in [4.69, 9.17) is 12.2 Å². The van der Waals surface area contributed by atoms with Crippen LogP contribution in [0.5, 0.6) is 0 Å². The molecule has 0 aromatic heterocycles. The monoisotopic (exact) mass is 209 g/mol. The highest BCUT2D eigenvalue weighted by atomic mass is 33.1. The highest BCUT2D eigenvalue weighted by Crippen LogP contribution is 2.24. The molecule has 0 rings (SSSR count). The van der Waals surface area contributed by atoms with Crippen LogP contribution in [0.2, 0.25) is 0 Å². The summed E-state index contributed by atoms with van der Waals surface area (Å²) in [5.74, 6) is 1.12. The van der Waals surface area contributed by atoms with Crippen LogP contribution in [0.1, 0.15) is 20.8 Å². The van der Waals surface area contributed by atoms with Gasteiger partial charge in [0.1, 0.15) is 4.32 Å². The molecule has 11 heavy (non-hydrogen) atoms. The van der Waals surface area contributed by atoms with Crippen LogP contribution >= 0.6 is 33.8 Å². The lowest BCUT2D eigenvalue weighted by Gasteiger charge is -2.19. The Morgan fingerprint density at radius 1 is 1.27 bits per heavy atom. The zero-order chi connectivity index (χ0) is 8.69. The molecule has 0 spiro atoms. The molecule has 0 radical (unpaired) electrons. The van der Waals surface area contributed by atoms with E-state index in [0.717, 1.165) is 23.2 Å². The van der Waals surface area contributed by atoms with Crippen molar-refractivity contribution in [2.45, 2.75) is 20.8 Å². The maximum atomic E-state index is 5.21. The van der Waals surface area contributed by atoms with Crippen molar-refractivity contribution in [2.24, 2.45) is 0 Å². The van der Waals surface area contributed by atoms with Gasteiger partial charge in [-0.05, 0) is 24.6 Å². The second-order valence-electron chi connectivity index (χ2n) is 1.93. The smallest absolute Gasteiger partial charge is 0.147 e. The summed E-state index contributed by atoms with van der Waals surface area (Å²) in [5, 5.41) is 0. The maximum absolute atomic E-state index is 5.21. The number of nitrogens with zero attached hydrogens (tertiary/aromatic N) is 1. The van der Waals surface area contributed by atoms with E-state index in [1.165, 1.54) is 0 Å². The van der Waals surface area contributed by atoms with Crippen LogP contribution in [0.4, 0.5) is 0 Å². The van der Waals surface area contributed by atoms with Gasteiger partial charge in [0.25, 0.3) is 0 Å². The van der Waals surface area contributed by atoms with Gasteiger partial charge in [0, 0.05) is 18.8 Å². The molecule has 0 aliphatic rings. The molecule has 4 heteroatoms. The van der Waals surface area contributed by atoms with Gasteiger partial charge in [-0.15, -0.1) is 0 Å². The number of rotatable bonds is 4. The summed E-state index contributed by atoms with van der Waals surface area (Å²) in [7, 11) is 3.52. The summed E-state index contributed by atoms with van der Waals surface area (Å²) in [6, 6.07) is 0. The average molecular weight is 209 g/mol. The quantitative estimate of drug-likeness (QED) is 0.517. The van der Waals surface area contributed by atoms with Gasteiger partial charge in [0.15, 0.2) is 0 Å². The number of thiocarbonyl (C=S) groups is 1. The minimum absolute atomic E-state index is 1.02. The summed E-state index contributed by atoms with van der Waals surface area (Å²) in [4.78, 5) is 2.20. The molecule has 0 heterocycles. The summed E-state index contributed by atoms with van der Waals surface area (Å²) < 4.78 is 1.02. The first-order valence-corrected chi connectivity index (χ1v) is 6.57. The molecule has 0 atom stereocenters. The number of hydrogen-bond donors (Lipinski definition) is 0. The molecule has 0 aromatic rings. The average Bonchev–Trinajstić information content (AvgIpc) is 2.03. The Bertz CT molecular complexity index is 112. The molecule has 66 valence electrons. The Kier molecular flexibility index (Phi) is 7.64. The molecule has 0 saturated carbocycles. The summed E-state index contributed by atoms with van der Waals surface area (Å²) in [6.07, 6.45) is 0. The largest absolute Gasteiger partial charge is 0.357 e. The molecule has 0 aliphatic carbocycles. The van der Waals surface area contributed by atoms with Crippen LogP contribution in [0, 0.1) is 0 Å². The van der Waals surface area contributed by atoms with Gasteiger partial charge >= 0.3 is 0 Å². The first kappa shape index (κ1) is 11.6. The molecule has 0 aromatic carbocycles. The van der Waals surface area contributed by atoms with Crippen molar-refractivity contribution >= 4 is 38.1 Å². The Labute approximate surface area is 82.7 Å². The van der Waals surface area contributed by atoms with Crippen molar-refractivity contribution in [2.75, 3.05) is 18.8 Å². The maximum Gasteiger partial charge on any atom is 0.147 e. The van der Waals surface area contributed by atoms with Gasteiger partial charge in [0.05, 0.1) is 0 Å². The molecule has 0 fully saturated rings. The Hall–Kier alpha value is 0.590. The van der Waals surface area contributed by atoms with E-state index in [2.05, 4.69) is 25.7 Å². The lowest BCUT2D eigenvalue weighted by Crippen LogP contribution is -2.25. The fourth-order valence-corrected chi connectivity index (χ4v) is 2.89. The molecule has 0 unspecified atom stereocenters. The van der Waals surface area contributed by atoms with Gasteiger partial charge < -0.3 is 4.90 Å². The molecule has 0 amide bonds. The Balaban J connectivity index is 3.61. The van der Waals surface area contributed by atoms with Crippen LogP contribution in [0.3, 0.4) is 0 Å². The highest BCUT2D eigenvalue weighted by molar-refractivity contribution is 8.83. The van der Waals surface area contributed by atoms with Gasteiger partial charge in [-0.25, -0.2) is 0 Å². The van der Waals surface area contributed by atoms with Crippen LogP contribution in [0.25, 0.3) is 0 Å². The topological polar surface area (TPSA) is 3.24 Å². The predicted octanol–water partition coefficient (Wildman–Crippen LogP) is 3.01. The summed E-state index contributed by atoms with van der Waals surface area (Å²) in [5.41, 5.74) is 0. The summed E-state index contributed by atoms with van der Waals surface area (Å²) in [6.45, 7) is 8.45. The molecule has 0 bridgehead atoms. The van der Waals surface area contributed by atoms with Gasteiger partial charge in [0.2, 0.25) is 0 Å². The van der Waals surface area contributed by atoms with E-state index >= 15 is 0 Å². The second kappa shape index (κ2) is 7.25. The SMILES string of the molecule is CCSSC(=S)N(CC)CC. The minimum Gasteiger partial charge on any atom is -0.357 e. The van der Waals surface area contributed by atoms with E-state index < -0.39 is 0 Å². The van der Waals surface area contributed by atoms with Crippen molar-refractivity contribution in [3.8, 4) is 0 Å². The molecular weight excluding hydrogens is 194 g/mol. The molecule has 0 saturated heterocycles. The van der Waals surface area contributed by atoms with Crippen molar-refractivity contribution in [1.29, 1.82) is 0 Å². The lowest BCUT2D eigenvalue weighted by molar-refractivity contribution is 0.482. The van der Waals surface area contributed by atoms with Gasteiger partial charge in [-0.3, -0.25) is 0 Å². The fourth-order valence-electron chi connectivity index (χ4n) is 0.644. The van der Waals surface area contributed by atoms with Crippen molar-refractivity contribution in [1.82, 2.24) is 4.90 Å². The van der Waals surface area contributed by atoms with Crippen molar-refractivity contribution in [3.63, 3.8) is 0 Å². The van der Waals surface area contributed by atoms with Crippen molar-refractivity contribution in [3.05, 3.63) is 0 Å². The molecule has 1 nitrogen and oxygen atoms in total. The van der Waals surface area contributed by atoms with Crippen LogP contribution in [-0.4, -0.2) is 28.1 Å². The van der Waals surface area contributed by atoms with E-state index in [1.54, 1.807) is 10.8 Å². The lowest BCUT2D eigenvalue weighted by atomic mass is 10.6.